The zero-order chi connectivity index (χ0) is 11.5. The molecule has 1 heterocycles. The van der Waals surface area contributed by atoms with E-state index in [4.69, 9.17) is 32.4 Å². The van der Waals surface area contributed by atoms with Crippen LogP contribution in [0.4, 0.5) is 0 Å². The summed E-state index contributed by atoms with van der Waals surface area (Å²) in [4.78, 5) is 10.4. The van der Waals surface area contributed by atoms with Crippen molar-refractivity contribution in [1.29, 1.82) is 0 Å². The number of carbonyl (C=O) groups excluding carboxylic acids is 1. The molecule has 0 aliphatic carbocycles. The van der Waals surface area contributed by atoms with Crippen LogP contribution in [-0.4, -0.2) is 6.29 Å². The average molecular weight is 257 g/mol. The van der Waals surface area contributed by atoms with Gasteiger partial charge in [0.1, 0.15) is 0 Å². The van der Waals surface area contributed by atoms with Crippen molar-refractivity contribution in [3.63, 3.8) is 0 Å². The maximum Gasteiger partial charge on any atom is 0.290 e. The second kappa shape index (κ2) is 4.60. The molecule has 1 aromatic heterocycles. The standard InChI is InChI=1S/C11H6Cl2O3/c12-7-1-3-9(13)10(5-7)16-11-4-2-8(6-14)15-11/h1-6H. The molecule has 0 saturated heterocycles. The number of furan rings is 1. The monoisotopic (exact) mass is 256 g/mol. The first-order valence-electron chi connectivity index (χ1n) is 4.37. The van der Waals surface area contributed by atoms with Gasteiger partial charge in [-0.25, -0.2) is 0 Å². The maximum absolute atomic E-state index is 10.4. The third-order valence-corrected chi connectivity index (χ3v) is 2.37. The Morgan fingerprint density at radius 2 is 2.00 bits per heavy atom. The highest BCUT2D eigenvalue weighted by atomic mass is 35.5. The van der Waals surface area contributed by atoms with Crippen LogP contribution in [0, 0.1) is 0 Å². The van der Waals surface area contributed by atoms with Crippen LogP contribution < -0.4 is 4.74 Å². The minimum absolute atomic E-state index is 0.186. The summed E-state index contributed by atoms with van der Waals surface area (Å²) in [5.41, 5.74) is 0. The number of benzene rings is 1. The minimum Gasteiger partial charge on any atom is -0.424 e. The summed E-state index contributed by atoms with van der Waals surface area (Å²) in [5, 5.41) is 0.912. The van der Waals surface area contributed by atoms with Gasteiger partial charge in [-0.3, -0.25) is 4.79 Å². The van der Waals surface area contributed by atoms with E-state index < -0.39 is 0 Å². The molecule has 5 heteroatoms. The third kappa shape index (κ3) is 2.38. The van der Waals surface area contributed by atoms with E-state index in [2.05, 4.69) is 0 Å². The van der Waals surface area contributed by atoms with Crippen molar-refractivity contribution in [2.45, 2.75) is 0 Å². The van der Waals surface area contributed by atoms with Crippen LogP contribution in [0.5, 0.6) is 11.7 Å². The zero-order valence-electron chi connectivity index (χ0n) is 7.94. The van der Waals surface area contributed by atoms with E-state index in [-0.39, 0.29) is 11.7 Å². The SMILES string of the molecule is O=Cc1ccc(Oc2cc(Cl)ccc2Cl)o1. The van der Waals surface area contributed by atoms with E-state index in [1.165, 1.54) is 12.1 Å². The molecule has 0 unspecified atom stereocenters. The van der Waals surface area contributed by atoms with Gasteiger partial charge < -0.3 is 9.15 Å². The van der Waals surface area contributed by atoms with Gasteiger partial charge >= 0.3 is 0 Å². The molecule has 0 amide bonds. The molecule has 0 spiro atoms. The lowest BCUT2D eigenvalue weighted by Crippen LogP contribution is -1.83. The largest absolute Gasteiger partial charge is 0.424 e. The number of carbonyl (C=O) groups is 1. The fourth-order valence-electron chi connectivity index (χ4n) is 1.12. The third-order valence-electron chi connectivity index (χ3n) is 1.82. The summed E-state index contributed by atoms with van der Waals surface area (Å²) >= 11 is 11.7. The Balaban J connectivity index is 2.26. The Hall–Kier alpha value is -1.45. The topological polar surface area (TPSA) is 39.4 Å². The molecule has 0 aliphatic heterocycles. The quantitative estimate of drug-likeness (QED) is 0.774. The Morgan fingerprint density at radius 1 is 1.19 bits per heavy atom. The van der Waals surface area contributed by atoms with E-state index in [1.54, 1.807) is 18.2 Å². The summed E-state index contributed by atoms with van der Waals surface area (Å²) in [6.07, 6.45) is 0.590. The fourth-order valence-corrected chi connectivity index (χ4v) is 1.43. The lowest BCUT2D eigenvalue weighted by atomic mass is 10.3. The molecule has 16 heavy (non-hydrogen) atoms. The molecule has 0 saturated carbocycles. The van der Waals surface area contributed by atoms with Crippen molar-refractivity contribution in [3.8, 4) is 11.7 Å². The van der Waals surface area contributed by atoms with E-state index in [0.717, 1.165) is 0 Å². The van der Waals surface area contributed by atoms with Gasteiger partial charge in [0.25, 0.3) is 5.95 Å². The molecule has 82 valence electrons. The number of hydrogen-bond donors (Lipinski definition) is 0. The van der Waals surface area contributed by atoms with Crippen LogP contribution in [0.3, 0.4) is 0 Å². The first-order chi connectivity index (χ1) is 7.69. The van der Waals surface area contributed by atoms with Gasteiger partial charge in [-0.2, -0.15) is 0 Å². The Kier molecular flexibility index (Phi) is 3.17. The molecular weight excluding hydrogens is 251 g/mol. The van der Waals surface area contributed by atoms with Crippen LogP contribution in [0.15, 0.2) is 34.7 Å². The molecule has 0 radical (unpaired) electrons. The lowest BCUT2D eigenvalue weighted by molar-refractivity contribution is 0.109. The van der Waals surface area contributed by atoms with E-state index in [1.807, 2.05) is 0 Å². The predicted molar refractivity (Wildman–Crippen MR) is 60.6 cm³/mol. The number of halogens is 2. The average Bonchev–Trinajstić information content (AvgIpc) is 2.71. The molecule has 3 nitrogen and oxygen atoms in total. The molecule has 0 atom stereocenters. The molecule has 0 aliphatic rings. The molecule has 0 N–H and O–H groups in total. The smallest absolute Gasteiger partial charge is 0.290 e. The predicted octanol–water partition coefficient (Wildman–Crippen LogP) is 4.19. The molecule has 2 aromatic rings. The van der Waals surface area contributed by atoms with Crippen molar-refractivity contribution in [2.75, 3.05) is 0 Å². The van der Waals surface area contributed by atoms with Gasteiger partial charge in [0.05, 0.1) is 5.02 Å². The van der Waals surface area contributed by atoms with Crippen LogP contribution in [0.1, 0.15) is 10.6 Å². The minimum atomic E-state index is 0.186. The highest BCUT2D eigenvalue weighted by molar-refractivity contribution is 6.34. The molecular formula is C11H6Cl2O3. The van der Waals surface area contributed by atoms with Crippen molar-refractivity contribution >= 4 is 29.5 Å². The molecule has 2 rings (SSSR count). The maximum atomic E-state index is 10.4. The second-order valence-corrected chi connectivity index (χ2v) is 3.80. The highest BCUT2D eigenvalue weighted by Gasteiger charge is 2.07. The number of ether oxygens (including phenoxy) is 1. The van der Waals surface area contributed by atoms with Gasteiger partial charge in [0.2, 0.25) is 0 Å². The number of rotatable bonds is 3. The second-order valence-electron chi connectivity index (χ2n) is 2.95. The van der Waals surface area contributed by atoms with Gasteiger partial charge in [0.15, 0.2) is 17.8 Å². The summed E-state index contributed by atoms with van der Waals surface area (Å²) in [7, 11) is 0. The van der Waals surface area contributed by atoms with E-state index >= 15 is 0 Å². The first-order valence-corrected chi connectivity index (χ1v) is 5.12. The summed E-state index contributed by atoms with van der Waals surface area (Å²) in [5.74, 6) is 0.750. The Bertz CT molecular complexity index is 520. The highest BCUT2D eigenvalue weighted by Crippen LogP contribution is 2.32. The van der Waals surface area contributed by atoms with Crippen LogP contribution in [0.2, 0.25) is 10.0 Å². The van der Waals surface area contributed by atoms with Crippen LogP contribution in [0.25, 0.3) is 0 Å². The van der Waals surface area contributed by atoms with Crippen molar-refractivity contribution < 1.29 is 13.9 Å². The van der Waals surface area contributed by atoms with Gasteiger partial charge in [-0.1, -0.05) is 23.2 Å². The van der Waals surface area contributed by atoms with Gasteiger partial charge in [0, 0.05) is 17.2 Å². The number of aldehydes is 1. The van der Waals surface area contributed by atoms with E-state index in [0.29, 0.717) is 22.1 Å². The van der Waals surface area contributed by atoms with Crippen LogP contribution in [-0.2, 0) is 0 Å². The molecule has 0 fully saturated rings. The van der Waals surface area contributed by atoms with Gasteiger partial charge in [-0.05, 0) is 18.2 Å². The van der Waals surface area contributed by atoms with Crippen LogP contribution >= 0.6 is 23.2 Å². The molecule has 1 aromatic carbocycles. The number of hydrogen-bond acceptors (Lipinski definition) is 3. The Labute approximate surface area is 102 Å². The lowest BCUT2D eigenvalue weighted by Gasteiger charge is -2.04. The fraction of sp³-hybridized carbons (Fsp3) is 0. The molecule has 0 bridgehead atoms. The summed E-state index contributed by atoms with van der Waals surface area (Å²) in [6, 6.07) is 7.85. The van der Waals surface area contributed by atoms with Crippen molar-refractivity contribution in [1.82, 2.24) is 0 Å². The van der Waals surface area contributed by atoms with Crippen molar-refractivity contribution in [2.24, 2.45) is 0 Å². The first kappa shape index (κ1) is 11.0. The normalized spacial score (nSPS) is 10.1. The summed E-state index contributed by atoms with van der Waals surface area (Å²) < 4.78 is 10.4. The van der Waals surface area contributed by atoms with E-state index in [9.17, 15) is 4.79 Å². The zero-order valence-corrected chi connectivity index (χ0v) is 9.46. The van der Waals surface area contributed by atoms with Gasteiger partial charge in [-0.15, -0.1) is 0 Å². The summed E-state index contributed by atoms with van der Waals surface area (Å²) in [6.45, 7) is 0. The Morgan fingerprint density at radius 3 is 2.69 bits per heavy atom. The van der Waals surface area contributed by atoms with Crippen molar-refractivity contribution in [3.05, 3.63) is 46.1 Å².